The van der Waals surface area contributed by atoms with Crippen LogP contribution in [0.3, 0.4) is 0 Å². The van der Waals surface area contributed by atoms with Gasteiger partial charge in [0.1, 0.15) is 0 Å². The van der Waals surface area contributed by atoms with E-state index < -0.39 is 18.0 Å². The van der Waals surface area contributed by atoms with Gasteiger partial charge in [-0.25, -0.2) is 9.59 Å². The molecule has 0 aromatic heterocycles. The lowest BCUT2D eigenvalue weighted by Crippen LogP contribution is -2.03. The van der Waals surface area contributed by atoms with Crippen LogP contribution in [-0.2, 0) is 0 Å². The normalized spacial score (nSPS) is 10.6. The monoisotopic (exact) mass is 360 g/mol. The summed E-state index contributed by atoms with van der Waals surface area (Å²) in [5, 5.41) is 49.6. The predicted molar refractivity (Wildman–Crippen MR) is 91.8 cm³/mol. The van der Waals surface area contributed by atoms with Crippen LogP contribution in [-0.4, -0.2) is 68.5 Å². The van der Waals surface area contributed by atoms with Crippen molar-refractivity contribution in [2.45, 2.75) is 38.7 Å². The van der Waals surface area contributed by atoms with Gasteiger partial charge in [-0.3, -0.25) is 0 Å². The van der Waals surface area contributed by atoms with Crippen molar-refractivity contribution in [1.82, 2.24) is 0 Å². The summed E-state index contributed by atoms with van der Waals surface area (Å²) >= 11 is 0. The molecule has 0 aliphatic heterocycles. The van der Waals surface area contributed by atoms with Gasteiger partial charge in [-0.2, -0.15) is 0 Å². The average molecular weight is 360 g/mol. The number of rotatable bonds is 8. The fraction of sp³-hybridized carbons (Fsp3) is 0.529. The number of aliphatic hydroxyl groups excluding tert-OH is 4. The van der Waals surface area contributed by atoms with Crippen LogP contribution in [0.1, 0.15) is 53.3 Å². The number of unbranched alkanes of at least 4 members (excludes halogenated alkanes) is 3. The number of hydrogen-bond donors (Lipinski definition) is 6. The molecule has 0 saturated carbocycles. The van der Waals surface area contributed by atoms with Crippen molar-refractivity contribution in [2.75, 3.05) is 19.8 Å². The fourth-order valence-corrected chi connectivity index (χ4v) is 1.36. The zero-order chi connectivity index (χ0) is 19.7. The van der Waals surface area contributed by atoms with Crippen molar-refractivity contribution >= 4 is 11.9 Å². The van der Waals surface area contributed by atoms with Crippen LogP contribution in [0.4, 0.5) is 0 Å². The Kier molecular flexibility index (Phi) is 17.0. The van der Waals surface area contributed by atoms with Gasteiger partial charge in [-0.1, -0.05) is 18.9 Å². The minimum absolute atomic E-state index is 0.0186. The van der Waals surface area contributed by atoms with Gasteiger partial charge in [0.25, 0.3) is 0 Å². The molecule has 0 aliphatic carbocycles. The molecule has 0 saturated heterocycles. The number of hydrogen-bond acceptors (Lipinski definition) is 6. The maximum Gasteiger partial charge on any atom is 0.335 e. The Morgan fingerprint density at radius 3 is 1.48 bits per heavy atom. The van der Waals surface area contributed by atoms with Crippen molar-refractivity contribution in [2.24, 2.45) is 0 Å². The Balaban J connectivity index is 0. The summed E-state index contributed by atoms with van der Waals surface area (Å²) in [5.74, 6) is -2.25. The summed E-state index contributed by atoms with van der Waals surface area (Å²) in [5.41, 5.74) is -0.0372. The molecule has 0 heterocycles. The molecule has 0 radical (unpaired) electrons. The van der Waals surface area contributed by atoms with Gasteiger partial charge in [0, 0.05) is 13.2 Å². The summed E-state index contributed by atoms with van der Waals surface area (Å²) < 4.78 is 0. The zero-order valence-electron chi connectivity index (χ0n) is 14.3. The molecule has 8 heteroatoms. The number of carboxylic acids is 2. The first-order chi connectivity index (χ1) is 11.8. The van der Waals surface area contributed by atoms with E-state index in [0.29, 0.717) is 0 Å². The third-order valence-corrected chi connectivity index (χ3v) is 2.69. The van der Waals surface area contributed by atoms with Crippen LogP contribution >= 0.6 is 0 Å². The summed E-state index contributed by atoms with van der Waals surface area (Å²) in [6, 6.07) is 5.20. The molecule has 144 valence electrons. The molecule has 0 amide bonds. The second kappa shape index (κ2) is 16.8. The highest BCUT2D eigenvalue weighted by molar-refractivity contribution is 5.93. The first-order valence-electron chi connectivity index (χ1n) is 7.87. The van der Waals surface area contributed by atoms with Gasteiger partial charge in [-0.15, -0.1) is 0 Å². The highest BCUT2D eigenvalue weighted by atomic mass is 16.4. The standard InChI is InChI=1S/C8H6O4.C6H14O2.C3H8O2/c9-7(10)5-2-1-3-6(4-5)8(11)12;7-5-3-1-2-4-6-8;1-3(5)2-4/h1-4H,(H,9,10)(H,11,12);7-8H,1-6H2;3-5H,2H2,1H3. The summed E-state index contributed by atoms with van der Waals surface area (Å²) in [6.45, 7) is 1.96. The van der Waals surface area contributed by atoms with Gasteiger partial charge in [-0.05, 0) is 38.0 Å². The van der Waals surface area contributed by atoms with Crippen LogP contribution < -0.4 is 0 Å². The van der Waals surface area contributed by atoms with E-state index in [9.17, 15) is 9.59 Å². The second-order valence-corrected chi connectivity index (χ2v) is 5.08. The average Bonchev–Trinajstić information content (AvgIpc) is 2.60. The molecule has 1 aromatic rings. The minimum Gasteiger partial charge on any atom is -0.478 e. The zero-order valence-corrected chi connectivity index (χ0v) is 14.3. The number of aliphatic hydroxyl groups is 4. The number of aromatic carboxylic acids is 2. The minimum atomic E-state index is -1.13. The van der Waals surface area contributed by atoms with E-state index in [2.05, 4.69) is 0 Å². The first-order valence-corrected chi connectivity index (χ1v) is 7.87. The van der Waals surface area contributed by atoms with Gasteiger partial charge in [0.2, 0.25) is 0 Å². The molecule has 1 rings (SSSR count). The van der Waals surface area contributed by atoms with E-state index in [4.69, 9.17) is 30.6 Å². The Labute approximate surface area is 147 Å². The van der Waals surface area contributed by atoms with Gasteiger partial charge in [0.15, 0.2) is 0 Å². The van der Waals surface area contributed by atoms with Crippen molar-refractivity contribution in [3.05, 3.63) is 35.4 Å². The fourth-order valence-electron chi connectivity index (χ4n) is 1.36. The number of carboxylic acid groups (broad SMARTS) is 2. The molecule has 1 unspecified atom stereocenters. The van der Waals surface area contributed by atoms with Crippen molar-refractivity contribution in [1.29, 1.82) is 0 Å². The van der Waals surface area contributed by atoms with E-state index >= 15 is 0 Å². The smallest absolute Gasteiger partial charge is 0.335 e. The Bertz CT molecular complexity index is 438. The molecule has 0 aliphatic rings. The largest absolute Gasteiger partial charge is 0.478 e. The van der Waals surface area contributed by atoms with E-state index in [-0.39, 0.29) is 30.9 Å². The maximum atomic E-state index is 10.4. The third kappa shape index (κ3) is 16.6. The van der Waals surface area contributed by atoms with E-state index in [1.54, 1.807) is 0 Å². The van der Waals surface area contributed by atoms with E-state index in [0.717, 1.165) is 31.7 Å². The molecule has 0 fully saturated rings. The number of benzene rings is 1. The highest BCUT2D eigenvalue weighted by Gasteiger charge is 2.06. The van der Waals surface area contributed by atoms with Crippen LogP contribution in [0, 0.1) is 0 Å². The van der Waals surface area contributed by atoms with Gasteiger partial charge < -0.3 is 30.6 Å². The summed E-state index contributed by atoms with van der Waals surface area (Å²) in [7, 11) is 0. The first kappa shape index (κ1) is 25.2. The van der Waals surface area contributed by atoms with Gasteiger partial charge >= 0.3 is 11.9 Å². The molecule has 1 atom stereocenters. The molecular formula is C17H28O8. The van der Waals surface area contributed by atoms with E-state index in [1.807, 2.05) is 0 Å². The SMILES string of the molecule is CC(O)CO.O=C(O)c1cccc(C(=O)O)c1.OCCCCCCO. The molecule has 0 bridgehead atoms. The van der Waals surface area contributed by atoms with E-state index in [1.165, 1.54) is 25.1 Å². The van der Waals surface area contributed by atoms with Crippen LogP contribution in [0.25, 0.3) is 0 Å². The van der Waals surface area contributed by atoms with Gasteiger partial charge in [0.05, 0.1) is 23.8 Å². The van der Waals surface area contributed by atoms with Crippen LogP contribution in [0.5, 0.6) is 0 Å². The molecule has 0 spiro atoms. The molecule has 1 aromatic carbocycles. The van der Waals surface area contributed by atoms with Crippen molar-refractivity contribution < 1.29 is 40.2 Å². The Morgan fingerprint density at radius 1 is 0.880 bits per heavy atom. The quantitative estimate of drug-likeness (QED) is 0.375. The lowest BCUT2D eigenvalue weighted by Gasteiger charge is -1.95. The number of carbonyl (C=O) groups is 2. The van der Waals surface area contributed by atoms with Crippen LogP contribution in [0.2, 0.25) is 0 Å². The highest BCUT2D eigenvalue weighted by Crippen LogP contribution is 2.04. The summed E-state index contributed by atoms with van der Waals surface area (Å²) in [6.07, 6.45) is 3.27. The molecule has 6 N–H and O–H groups in total. The molecule has 8 nitrogen and oxygen atoms in total. The molecular weight excluding hydrogens is 332 g/mol. The lowest BCUT2D eigenvalue weighted by atomic mass is 10.1. The summed E-state index contributed by atoms with van der Waals surface area (Å²) in [4.78, 5) is 20.8. The van der Waals surface area contributed by atoms with Crippen LogP contribution in [0.15, 0.2) is 24.3 Å². The maximum absolute atomic E-state index is 10.4. The Morgan fingerprint density at radius 2 is 1.24 bits per heavy atom. The lowest BCUT2D eigenvalue weighted by molar-refractivity contribution is 0.0696. The van der Waals surface area contributed by atoms with Crippen molar-refractivity contribution in [3.8, 4) is 0 Å². The second-order valence-electron chi connectivity index (χ2n) is 5.08. The van der Waals surface area contributed by atoms with Crippen molar-refractivity contribution in [3.63, 3.8) is 0 Å². The molecule has 25 heavy (non-hydrogen) atoms. The topological polar surface area (TPSA) is 156 Å². The Hall–Kier alpha value is -2.00. The predicted octanol–water partition coefficient (Wildman–Crippen LogP) is 0.974. The third-order valence-electron chi connectivity index (χ3n) is 2.69.